The summed E-state index contributed by atoms with van der Waals surface area (Å²) in [5.74, 6) is 0. The third kappa shape index (κ3) is 5.53. The molecule has 1 unspecified atom stereocenters. The zero-order valence-corrected chi connectivity index (χ0v) is 11.6. The van der Waals surface area contributed by atoms with Crippen LogP contribution in [0.3, 0.4) is 0 Å². The summed E-state index contributed by atoms with van der Waals surface area (Å²) in [5.41, 5.74) is 1.18. The Bertz CT molecular complexity index is 286. The number of alkyl halides is 1. The maximum Gasteiger partial charge on any atom is 0.0709 e. The predicted molar refractivity (Wildman–Crippen MR) is 75.7 cm³/mol. The quantitative estimate of drug-likeness (QED) is 0.567. The van der Waals surface area contributed by atoms with Crippen LogP contribution in [0.4, 0.5) is 0 Å². The molecule has 96 valence electrons. The van der Waals surface area contributed by atoms with Gasteiger partial charge in [-0.15, -0.1) is 11.6 Å². The van der Waals surface area contributed by atoms with Crippen molar-refractivity contribution in [3.63, 3.8) is 0 Å². The van der Waals surface area contributed by atoms with Crippen LogP contribution in [-0.4, -0.2) is 37.6 Å². The molecule has 1 aromatic carbocycles. The molecule has 0 spiro atoms. The lowest BCUT2D eigenvalue weighted by molar-refractivity contribution is 0.302. The van der Waals surface area contributed by atoms with Crippen molar-refractivity contribution in [3.8, 4) is 0 Å². The highest BCUT2D eigenvalue weighted by Crippen LogP contribution is 2.18. The van der Waals surface area contributed by atoms with E-state index < -0.39 is 0 Å². The molecule has 0 radical (unpaired) electrons. The van der Waals surface area contributed by atoms with Crippen LogP contribution in [0.15, 0.2) is 30.3 Å². The van der Waals surface area contributed by atoms with E-state index in [0.29, 0.717) is 0 Å². The minimum atomic E-state index is 0.0629. The van der Waals surface area contributed by atoms with Gasteiger partial charge in [0.2, 0.25) is 0 Å². The second-order valence-electron chi connectivity index (χ2n) is 4.11. The Labute approximate surface area is 110 Å². The SMILES string of the molecule is CCN(CC)CCNCC(Cl)c1ccccc1. The van der Waals surface area contributed by atoms with Gasteiger partial charge in [0.25, 0.3) is 0 Å². The molecule has 0 bridgehead atoms. The lowest BCUT2D eigenvalue weighted by Gasteiger charge is -2.18. The van der Waals surface area contributed by atoms with Gasteiger partial charge in [0.05, 0.1) is 5.38 Å². The number of hydrogen-bond donors (Lipinski definition) is 1. The fourth-order valence-corrected chi connectivity index (χ4v) is 2.04. The van der Waals surface area contributed by atoms with E-state index in [0.717, 1.165) is 32.7 Å². The third-order valence-electron chi connectivity index (χ3n) is 2.98. The standard InChI is InChI=1S/C14H23ClN2/c1-3-17(4-2)11-10-16-12-14(15)13-8-6-5-7-9-13/h5-9,14,16H,3-4,10-12H2,1-2H3. The smallest absolute Gasteiger partial charge is 0.0709 e. The first-order valence-electron chi connectivity index (χ1n) is 6.40. The van der Waals surface area contributed by atoms with Crippen molar-refractivity contribution in [2.24, 2.45) is 0 Å². The first-order valence-corrected chi connectivity index (χ1v) is 6.83. The van der Waals surface area contributed by atoms with Gasteiger partial charge in [0, 0.05) is 19.6 Å². The number of benzene rings is 1. The largest absolute Gasteiger partial charge is 0.314 e. The molecule has 0 saturated carbocycles. The van der Waals surface area contributed by atoms with Crippen molar-refractivity contribution in [1.29, 1.82) is 0 Å². The molecule has 0 aromatic heterocycles. The van der Waals surface area contributed by atoms with E-state index in [9.17, 15) is 0 Å². The average molecular weight is 255 g/mol. The highest BCUT2D eigenvalue weighted by Gasteiger charge is 2.06. The van der Waals surface area contributed by atoms with E-state index >= 15 is 0 Å². The van der Waals surface area contributed by atoms with Gasteiger partial charge in [0.15, 0.2) is 0 Å². The number of rotatable bonds is 8. The molecule has 0 aliphatic carbocycles. The normalized spacial score (nSPS) is 12.9. The van der Waals surface area contributed by atoms with E-state index in [1.54, 1.807) is 0 Å². The van der Waals surface area contributed by atoms with Crippen LogP contribution in [-0.2, 0) is 0 Å². The highest BCUT2D eigenvalue weighted by molar-refractivity contribution is 6.21. The molecule has 1 aromatic rings. The summed E-state index contributed by atoms with van der Waals surface area (Å²) in [6.07, 6.45) is 0. The van der Waals surface area contributed by atoms with Crippen molar-refractivity contribution in [1.82, 2.24) is 10.2 Å². The molecular formula is C14H23ClN2. The Morgan fingerprint density at radius 1 is 1.18 bits per heavy atom. The number of halogens is 1. The Kier molecular flexibility index (Phi) is 7.25. The van der Waals surface area contributed by atoms with Crippen LogP contribution in [0.5, 0.6) is 0 Å². The molecule has 0 amide bonds. The van der Waals surface area contributed by atoms with E-state index in [1.807, 2.05) is 18.2 Å². The summed E-state index contributed by atoms with van der Waals surface area (Å²) in [7, 11) is 0. The number of nitrogens with zero attached hydrogens (tertiary/aromatic N) is 1. The maximum atomic E-state index is 6.31. The second-order valence-corrected chi connectivity index (χ2v) is 4.64. The maximum absolute atomic E-state index is 6.31. The van der Waals surface area contributed by atoms with Crippen LogP contribution in [0.25, 0.3) is 0 Å². The van der Waals surface area contributed by atoms with Gasteiger partial charge in [-0.3, -0.25) is 0 Å². The van der Waals surface area contributed by atoms with Gasteiger partial charge in [-0.1, -0.05) is 44.2 Å². The van der Waals surface area contributed by atoms with Crippen LogP contribution in [0, 0.1) is 0 Å². The number of hydrogen-bond acceptors (Lipinski definition) is 2. The van der Waals surface area contributed by atoms with E-state index in [-0.39, 0.29) is 5.38 Å². The van der Waals surface area contributed by atoms with E-state index in [2.05, 4.69) is 36.2 Å². The fraction of sp³-hybridized carbons (Fsp3) is 0.571. The van der Waals surface area contributed by atoms with Gasteiger partial charge in [-0.05, 0) is 18.7 Å². The lowest BCUT2D eigenvalue weighted by Crippen LogP contribution is -2.33. The van der Waals surface area contributed by atoms with Gasteiger partial charge in [0.1, 0.15) is 0 Å². The van der Waals surface area contributed by atoms with Crippen molar-refractivity contribution in [2.45, 2.75) is 19.2 Å². The molecule has 0 heterocycles. The minimum absolute atomic E-state index is 0.0629. The molecule has 1 rings (SSSR count). The van der Waals surface area contributed by atoms with Crippen LogP contribution in [0.2, 0.25) is 0 Å². The van der Waals surface area contributed by atoms with E-state index in [1.165, 1.54) is 5.56 Å². The molecule has 0 fully saturated rings. The highest BCUT2D eigenvalue weighted by atomic mass is 35.5. The topological polar surface area (TPSA) is 15.3 Å². The second kappa shape index (κ2) is 8.51. The van der Waals surface area contributed by atoms with Crippen molar-refractivity contribution in [3.05, 3.63) is 35.9 Å². The lowest BCUT2D eigenvalue weighted by atomic mass is 10.1. The fourth-order valence-electron chi connectivity index (χ4n) is 1.79. The average Bonchev–Trinajstić information content (AvgIpc) is 2.40. The zero-order chi connectivity index (χ0) is 12.5. The summed E-state index contributed by atoms with van der Waals surface area (Å²) in [4.78, 5) is 2.40. The predicted octanol–water partition coefficient (Wildman–Crippen LogP) is 2.90. The number of nitrogens with one attached hydrogen (secondary N) is 1. The molecule has 3 heteroatoms. The summed E-state index contributed by atoms with van der Waals surface area (Å²) < 4.78 is 0. The first kappa shape index (κ1) is 14.5. The molecule has 0 aliphatic heterocycles. The molecule has 17 heavy (non-hydrogen) atoms. The van der Waals surface area contributed by atoms with Crippen molar-refractivity contribution < 1.29 is 0 Å². The Hall–Kier alpha value is -0.570. The molecule has 2 nitrogen and oxygen atoms in total. The van der Waals surface area contributed by atoms with E-state index in [4.69, 9.17) is 11.6 Å². The summed E-state index contributed by atoms with van der Waals surface area (Å²) >= 11 is 6.31. The van der Waals surface area contributed by atoms with Crippen molar-refractivity contribution in [2.75, 3.05) is 32.7 Å². The van der Waals surface area contributed by atoms with Gasteiger partial charge >= 0.3 is 0 Å². The van der Waals surface area contributed by atoms with Crippen LogP contribution >= 0.6 is 11.6 Å². The molecule has 1 N–H and O–H groups in total. The van der Waals surface area contributed by atoms with Crippen LogP contribution < -0.4 is 5.32 Å². The first-order chi connectivity index (χ1) is 8.27. The summed E-state index contributed by atoms with van der Waals surface area (Å²) in [6.45, 7) is 9.52. The van der Waals surface area contributed by atoms with Gasteiger partial charge in [-0.2, -0.15) is 0 Å². The molecule has 0 saturated heterocycles. The number of likely N-dealkylation sites (N-methyl/N-ethyl adjacent to an activating group) is 1. The Morgan fingerprint density at radius 2 is 1.82 bits per heavy atom. The molecule has 1 atom stereocenters. The monoisotopic (exact) mass is 254 g/mol. The Balaban J connectivity index is 2.19. The summed E-state index contributed by atoms with van der Waals surface area (Å²) in [5, 5.41) is 3.47. The van der Waals surface area contributed by atoms with Crippen LogP contribution in [0.1, 0.15) is 24.8 Å². The summed E-state index contributed by atoms with van der Waals surface area (Å²) in [6, 6.07) is 10.2. The van der Waals surface area contributed by atoms with Crippen molar-refractivity contribution >= 4 is 11.6 Å². The third-order valence-corrected chi connectivity index (χ3v) is 3.39. The van der Waals surface area contributed by atoms with Gasteiger partial charge < -0.3 is 10.2 Å². The molecule has 0 aliphatic rings. The zero-order valence-electron chi connectivity index (χ0n) is 10.8. The minimum Gasteiger partial charge on any atom is -0.314 e. The molecular weight excluding hydrogens is 232 g/mol. The van der Waals surface area contributed by atoms with Gasteiger partial charge in [-0.25, -0.2) is 0 Å². The Morgan fingerprint density at radius 3 is 2.41 bits per heavy atom.